The van der Waals surface area contributed by atoms with Gasteiger partial charge in [-0.3, -0.25) is 14.3 Å². The largest absolute Gasteiger partial charge is 0.350 e. The lowest BCUT2D eigenvalue weighted by Gasteiger charge is -2.22. The summed E-state index contributed by atoms with van der Waals surface area (Å²) in [5, 5.41) is 10.6. The highest BCUT2D eigenvalue weighted by Crippen LogP contribution is 2.35. The minimum atomic E-state index is -0.0935. The van der Waals surface area contributed by atoms with Crippen molar-refractivity contribution in [2.75, 3.05) is 20.6 Å². The summed E-state index contributed by atoms with van der Waals surface area (Å²) in [6, 6.07) is 9.77. The number of aromatic nitrogens is 2. The summed E-state index contributed by atoms with van der Waals surface area (Å²) < 4.78 is 1.68. The van der Waals surface area contributed by atoms with E-state index in [9.17, 15) is 9.59 Å². The molecule has 1 aromatic heterocycles. The maximum absolute atomic E-state index is 12.5. The summed E-state index contributed by atoms with van der Waals surface area (Å²) in [4.78, 5) is 27.1. The van der Waals surface area contributed by atoms with Gasteiger partial charge in [0.2, 0.25) is 0 Å². The number of hydrogen-bond donors (Lipinski definition) is 2. The second-order valence-corrected chi connectivity index (χ2v) is 8.93. The smallest absolute Gasteiger partial charge is 0.269 e. The third-order valence-corrected chi connectivity index (χ3v) is 6.13. The van der Waals surface area contributed by atoms with Gasteiger partial charge in [0.15, 0.2) is 0 Å². The first kappa shape index (κ1) is 20.6. The van der Waals surface area contributed by atoms with Crippen LogP contribution in [0.4, 0.5) is 0 Å². The molecule has 2 aliphatic rings. The molecule has 4 rings (SSSR count). The Morgan fingerprint density at radius 3 is 2.53 bits per heavy atom. The van der Waals surface area contributed by atoms with Gasteiger partial charge in [-0.1, -0.05) is 18.6 Å². The Labute approximate surface area is 177 Å². The zero-order valence-corrected chi connectivity index (χ0v) is 18.0. The van der Waals surface area contributed by atoms with Gasteiger partial charge < -0.3 is 15.5 Å². The molecule has 2 fully saturated rings. The Bertz CT molecular complexity index is 914. The van der Waals surface area contributed by atoms with E-state index in [0.717, 1.165) is 18.7 Å². The fourth-order valence-electron chi connectivity index (χ4n) is 3.95. The third kappa shape index (κ3) is 4.73. The van der Waals surface area contributed by atoms with Crippen molar-refractivity contribution in [1.82, 2.24) is 25.3 Å². The Balaban J connectivity index is 1.23. The molecule has 1 aromatic carbocycles. The van der Waals surface area contributed by atoms with Gasteiger partial charge >= 0.3 is 0 Å². The Morgan fingerprint density at radius 1 is 1.17 bits per heavy atom. The molecule has 2 amide bonds. The van der Waals surface area contributed by atoms with Crippen LogP contribution < -0.4 is 10.6 Å². The van der Waals surface area contributed by atoms with Gasteiger partial charge in [0.25, 0.3) is 11.8 Å². The molecular formula is C23H31N5O2. The molecule has 0 spiro atoms. The van der Waals surface area contributed by atoms with Crippen LogP contribution in [0.25, 0.3) is 0 Å². The summed E-state index contributed by atoms with van der Waals surface area (Å²) in [6.07, 6.45) is 4.47. The lowest BCUT2D eigenvalue weighted by Crippen LogP contribution is -2.31. The van der Waals surface area contributed by atoms with E-state index in [4.69, 9.17) is 0 Å². The lowest BCUT2D eigenvalue weighted by atomic mass is 9.83. The van der Waals surface area contributed by atoms with E-state index in [1.807, 2.05) is 51.5 Å². The van der Waals surface area contributed by atoms with Crippen molar-refractivity contribution in [3.63, 3.8) is 0 Å². The van der Waals surface area contributed by atoms with Crippen LogP contribution in [-0.2, 0) is 13.6 Å². The molecule has 2 N–H and O–H groups in total. The second kappa shape index (κ2) is 8.60. The third-order valence-electron chi connectivity index (χ3n) is 6.13. The van der Waals surface area contributed by atoms with Crippen molar-refractivity contribution in [3.05, 3.63) is 52.8 Å². The van der Waals surface area contributed by atoms with Crippen molar-refractivity contribution >= 4 is 11.8 Å². The molecule has 0 saturated heterocycles. The van der Waals surface area contributed by atoms with E-state index in [-0.39, 0.29) is 23.8 Å². The SMILES string of the molecule is CN(C)Cc1ccc(C(=O)NC2CC2CNC(=O)c2cc(C3CCC3)nn2C)cc1. The van der Waals surface area contributed by atoms with Crippen LogP contribution in [0.3, 0.4) is 0 Å². The standard InChI is InChI=1S/C23H31N5O2/c1-27(2)14-15-7-9-17(10-8-15)22(29)25-19-11-18(19)13-24-23(30)21-12-20(26-28(21)3)16-5-4-6-16/h7-10,12,16,18-19H,4-6,11,13-14H2,1-3H3,(H,24,30)(H,25,29). The van der Waals surface area contributed by atoms with Gasteiger partial charge in [0.1, 0.15) is 5.69 Å². The normalized spacial score (nSPS) is 20.7. The molecule has 2 aliphatic carbocycles. The molecule has 30 heavy (non-hydrogen) atoms. The number of aryl methyl sites for hydroxylation is 1. The highest BCUT2D eigenvalue weighted by molar-refractivity contribution is 5.94. The first-order chi connectivity index (χ1) is 14.4. The van der Waals surface area contributed by atoms with Gasteiger partial charge in [0.05, 0.1) is 5.69 Å². The molecule has 0 bridgehead atoms. The average molecular weight is 410 g/mol. The number of hydrogen-bond acceptors (Lipinski definition) is 4. The number of rotatable bonds is 8. The molecule has 2 unspecified atom stereocenters. The first-order valence-electron chi connectivity index (χ1n) is 10.8. The Hall–Kier alpha value is -2.67. The fourth-order valence-corrected chi connectivity index (χ4v) is 3.95. The van der Waals surface area contributed by atoms with Crippen molar-refractivity contribution < 1.29 is 9.59 Å². The average Bonchev–Trinajstić information content (AvgIpc) is 3.29. The molecule has 1 heterocycles. The van der Waals surface area contributed by atoms with Crippen LogP contribution in [0.1, 0.15) is 63.7 Å². The molecule has 0 radical (unpaired) electrons. The van der Waals surface area contributed by atoms with Gasteiger partial charge in [-0.25, -0.2) is 0 Å². The number of carbonyl (C=O) groups excluding carboxylic acids is 2. The van der Waals surface area contributed by atoms with E-state index >= 15 is 0 Å². The van der Waals surface area contributed by atoms with E-state index in [1.165, 1.54) is 24.8 Å². The maximum Gasteiger partial charge on any atom is 0.269 e. The van der Waals surface area contributed by atoms with E-state index in [0.29, 0.717) is 23.7 Å². The number of amides is 2. The summed E-state index contributed by atoms with van der Waals surface area (Å²) in [6.45, 7) is 1.42. The minimum absolute atomic E-state index is 0.0537. The van der Waals surface area contributed by atoms with Gasteiger partial charge in [-0.05, 0) is 63.0 Å². The molecule has 7 nitrogen and oxygen atoms in total. The molecule has 160 valence electrons. The van der Waals surface area contributed by atoms with Crippen LogP contribution in [0.15, 0.2) is 30.3 Å². The topological polar surface area (TPSA) is 79.3 Å². The minimum Gasteiger partial charge on any atom is -0.350 e. The zero-order valence-electron chi connectivity index (χ0n) is 18.0. The van der Waals surface area contributed by atoms with E-state index in [1.54, 1.807) is 4.68 Å². The predicted octanol–water partition coefficient (Wildman–Crippen LogP) is 2.30. The molecule has 0 aliphatic heterocycles. The predicted molar refractivity (Wildman–Crippen MR) is 115 cm³/mol. The Morgan fingerprint density at radius 2 is 1.90 bits per heavy atom. The lowest BCUT2D eigenvalue weighted by molar-refractivity contribution is 0.0942. The highest BCUT2D eigenvalue weighted by Gasteiger charge is 2.38. The van der Waals surface area contributed by atoms with Crippen LogP contribution in [0, 0.1) is 5.92 Å². The van der Waals surface area contributed by atoms with Crippen molar-refractivity contribution in [1.29, 1.82) is 0 Å². The van der Waals surface area contributed by atoms with Crippen LogP contribution >= 0.6 is 0 Å². The highest BCUT2D eigenvalue weighted by atomic mass is 16.2. The summed E-state index contributed by atoms with van der Waals surface area (Å²) in [7, 11) is 5.86. The van der Waals surface area contributed by atoms with Gasteiger partial charge in [-0.15, -0.1) is 0 Å². The molecule has 2 saturated carbocycles. The Kier molecular flexibility index (Phi) is 5.90. The van der Waals surface area contributed by atoms with Gasteiger partial charge in [-0.2, -0.15) is 5.10 Å². The molecule has 2 aromatic rings. The molecular weight excluding hydrogens is 378 g/mol. The van der Waals surface area contributed by atoms with E-state index in [2.05, 4.69) is 20.6 Å². The first-order valence-corrected chi connectivity index (χ1v) is 10.8. The summed E-state index contributed by atoms with van der Waals surface area (Å²) in [5.74, 6) is 0.647. The molecule has 7 heteroatoms. The fraction of sp³-hybridized carbons (Fsp3) is 0.522. The number of carbonyl (C=O) groups is 2. The number of benzene rings is 1. The quantitative estimate of drug-likeness (QED) is 0.701. The monoisotopic (exact) mass is 409 g/mol. The van der Waals surface area contributed by atoms with Crippen molar-refractivity contribution in [3.8, 4) is 0 Å². The van der Waals surface area contributed by atoms with Crippen LogP contribution in [0.2, 0.25) is 0 Å². The van der Waals surface area contributed by atoms with E-state index < -0.39 is 0 Å². The molecule has 2 atom stereocenters. The van der Waals surface area contributed by atoms with Crippen LogP contribution in [0.5, 0.6) is 0 Å². The maximum atomic E-state index is 12.5. The van der Waals surface area contributed by atoms with Crippen molar-refractivity contribution in [2.24, 2.45) is 13.0 Å². The summed E-state index contributed by atoms with van der Waals surface area (Å²) >= 11 is 0. The van der Waals surface area contributed by atoms with Crippen LogP contribution in [-0.4, -0.2) is 53.2 Å². The number of nitrogens with zero attached hydrogens (tertiary/aromatic N) is 3. The summed E-state index contributed by atoms with van der Waals surface area (Å²) in [5.41, 5.74) is 3.49. The van der Waals surface area contributed by atoms with Gasteiger partial charge in [0, 0.05) is 37.7 Å². The second-order valence-electron chi connectivity index (χ2n) is 8.93. The number of nitrogens with one attached hydrogen (secondary N) is 2. The van der Waals surface area contributed by atoms with Crippen molar-refractivity contribution in [2.45, 2.75) is 44.2 Å². The zero-order chi connectivity index (χ0) is 21.3.